The van der Waals surface area contributed by atoms with E-state index in [0.717, 1.165) is 24.1 Å². The molecule has 2 saturated heterocycles. The van der Waals surface area contributed by atoms with Crippen LogP contribution in [0.1, 0.15) is 31.7 Å². The highest BCUT2D eigenvalue weighted by atomic mass is 16.2. The van der Waals surface area contributed by atoms with E-state index < -0.39 is 6.04 Å². The van der Waals surface area contributed by atoms with Crippen LogP contribution in [0.2, 0.25) is 0 Å². The van der Waals surface area contributed by atoms with Gasteiger partial charge in [-0.05, 0) is 43.9 Å². The lowest BCUT2D eigenvalue weighted by Gasteiger charge is -2.35. The van der Waals surface area contributed by atoms with Crippen LogP contribution in [0.4, 0.5) is 5.69 Å². The Balaban J connectivity index is 1.66. The van der Waals surface area contributed by atoms with Crippen LogP contribution in [0.25, 0.3) is 0 Å². The zero-order valence-electron chi connectivity index (χ0n) is 19.2. The van der Waals surface area contributed by atoms with Crippen molar-refractivity contribution in [2.24, 2.45) is 4.99 Å². The van der Waals surface area contributed by atoms with Crippen LogP contribution in [-0.2, 0) is 14.4 Å². The third-order valence-electron chi connectivity index (χ3n) is 5.90. The molecule has 0 bridgehead atoms. The van der Waals surface area contributed by atoms with Gasteiger partial charge in [-0.1, -0.05) is 12.1 Å². The molecule has 176 valence electrons. The van der Waals surface area contributed by atoms with Gasteiger partial charge < -0.3 is 20.0 Å². The van der Waals surface area contributed by atoms with Crippen LogP contribution in [0.15, 0.2) is 29.3 Å². The number of benzene rings is 1. The Hall–Kier alpha value is -3.61. The summed E-state index contributed by atoms with van der Waals surface area (Å²) in [6.45, 7) is 5.94. The van der Waals surface area contributed by atoms with Crippen LogP contribution in [0.5, 0.6) is 0 Å². The van der Waals surface area contributed by atoms with Gasteiger partial charge in [-0.3, -0.25) is 19.7 Å². The molecule has 0 aliphatic carbocycles. The molecule has 1 aromatic rings. The standard InChI is InChI=1S/C23H31N7O3/c1-17-6-5-7-19(14-17)26-23(25-16-24)27-20-8-3-4-9-30(22(20)33)15-21(32)29-12-10-28(11-13-29)18(2)31/h5-7,14,20H,3-4,8-13,15H2,1-2H3,(H2,25,26,27). The number of rotatable bonds is 4. The second-order valence-electron chi connectivity index (χ2n) is 8.37. The fourth-order valence-electron chi connectivity index (χ4n) is 4.06. The minimum Gasteiger partial charge on any atom is -0.339 e. The first-order valence-corrected chi connectivity index (χ1v) is 11.3. The Labute approximate surface area is 194 Å². The van der Waals surface area contributed by atoms with Gasteiger partial charge in [0.1, 0.15) is 6.04 Å². The summed E-state index contributed by atoms with van der Waals surface area (Å²) in [4.78, 5) is 47.0. The second-order valence-corrected chi connectivity index (χ2v) is 8.37. The summed E-state index contributed by atoms with van der Waals surface area (Å²) in [6, 6.07) is 6.95. The number of carbonyl (C=O) groups excluding carboxylic acids is 3. The molecule has 1 unspecified atom stereocenters. The Bertz CT molecular complexity index is 948. The van der Waals surface area contributed by atoms with Crippen molar-refractivity contribution in [2.75, 3.05) is 44.6 Å². The van der Waals surface area contributed by atoms with E-state index in [1.807, 2.05) is 37.4 Å². The number of aliphatic imine (C=N–C) groups is 1. The lowest BCUT2D eigenvalue weighted by molar-refractivity contribution is -0.143. The lowest BCUT2D eigenvalue weighted by Crippen LogP contribution is -2.53. The van der Waals surface area contributed by atoms with Crippen molar-refractivity contribution >= 4 is 29.4 Å². The highest BCUT2D eigenvalue weighted by Gasteiger charge is 2.30. The van der Waals surface area contributed by atoms with Crippen molar-refractivity contribution < 1.29 is 14.4 Å². The van der Waals surface area contributed by atoms with Crippen molar-refractivity contribution in [3.05, 3.63) is 29.8 Å². The maximum Gasteiger partial charge on any atom is 0.247 e. The molecule has 0 aromatic heterocycles. The van der Waals surface area contributed by atoms with Gasteiger partial charge in [0, 0.05) is 45.3 Å². The number of guanidine groups is 1. The summed E-state index contributed by atoms with van der Waals surface area (Å²) in [7, 11) is 0. The molecular weight excluding hydrogens is 422 g/mol. The summed E-state index contributed by atoms with van der Waals surface area (Å²) >= 11 is 0. The van der Waals surface area contributed by atoms with Gasteiger partial charge in [-0.25, -0.2) is 4.99 Å². The smallest absolute Gasteiger partial charge is 0.247 e. The molecule has 2 N–H and O–H groups in total. The van der Waals surface area contributed by atoms with Crippen molar-refractivity contribution in [1.82, 2.24) is 20.0 Å². The molecule has 2 aliphatic rings. The molecule has 33 heavy (non-hydrogen) atoms. The molecule has 2 heterocycles. The number of anilines is 1. The maximum atomic E-state index is 13.2. The quantitative estimate of drug-likeness (QED) is 0.302. The molecule has 10 heteroatoms. The SMILES string of the molecule is CC(=O)N1CCN(C(=O)CN2CCCCC(N=C(NC#N)Nc3cccc(C)c3)C2=O)CC1. The van der Waals surface area contributed by atoms with Gasteiger partial charge in [0.2, 0.25) is 23.7 Å². The second kappa shape index (κ2) is 11.3. The number of likely N-dealkylation sites (tertiary alicyclic amines) is 1. The summed E-state index contributed by atoms with van der Waals surface area (Å²) in [5.74, 6) is -0.127. The zero-order chi connectivity index (χ0) is 23.8. The fraction of sp³-hybridized carbons (Fsp3) is 0.522. The van der Waals surface area contributed by atoms with Gasteiger partial charge >= 0.3 is 0 Å². The third kappa shape index (κ3) is 6.68. The van der Waals surface area contributed by atoms with Gasteiger partial charge in [0.25, 0.3) is 0 Å². The summed E-state index contributed by atoms with van der Waals surface area (Å²) in [5, 5.41) is 14.7. The van der Waals surface area contributed by atoms with Gasteiger partial charge in [-0.15, -0.1) is 0 Å². The highest BCUT2D eigenvalue weighted by Crippen LogP contribution is 2.17. The lowest BCUT2D eigenvalue weighted by atomic mass is 10.1. The van der Waals surface area contributed by atoms with E-state index in [0.29, 0.717) is 39.1 Å². The molecule has 10 nitrogen and oxygen atoms in total. The van der Waals surface area contributed by atoms with Gasteiger partial charge in [0.05, 0.1) is 6.54 Å². The number of aryl methyl sites for hydroxylation is 1. The number of nitrogens with one attached hydrogen (secondary N) is 2. The number of hydrogen-bond acceptors (Lipinski definition) is 5. The molecule has 2 fully saturated rings. The largest absolute Gasteiger partial charge is 0.339 e. The van der Waals surface area contributed by atoms with E-state index in [1.54, 1.807) is 14.7 Å². The Kier molecular flexibility index (Phi) is 8.24. The minimum absolute atomic E-state index is 0.00273. The van der Waals surface area contributed by atoms with E-state index in [1.165, 1.54) is 6.92 Å². The normalized spacial score (nSPS) is 19.5. The van der Waals surface area contributed by atoms with Crippen molar-refractivity contribution in [1.29, 1.82) is 5.26 Å². The van der Waals surface area contributed by atoms with E-state index in [2.05, 4.69) is 15.6 Å². The van der Waals surface area contributed by atoms with Gasteiger partial charge in [-0.2, -0.15) is 5.26 Å². The van der Waals surface area contributed by atoms with Crippen LogP contribution in [0, 0.1) is 18.4 Å². The monoisotopic (exact) mass is 453 g/mol. The number of nitrogens with zero attached hydrogens (tertiary/aromatic N) is 5. The first-order chi connectivity index (χ1) is 15.9. The topological polar surface area (TPSA) is 121 Å². The van der Waals surface area contributed by atoms with Crippen LogP contribution < -0.4 is 10.6 Å². The van der Waals surface area contributed by atoms with Crippen molar-refractivity contribution in [3.63, 3.8) is 0 Å². The first kappa shape index (κ1) is 24.0. The molecule has 2 aliphatic heterocycles. The fourth-order valence-corrected chi connectivity index (χ4v) is 4.06. The van der Waals surface area contributed by atoms with Gasteiger partial charge in [0.15, 0.2) is 6.19 Å². The van der Waals surface area contributed by atoms with Crippen molar-refractivity contribution in [3.8, 4) is 6.19 Å². The van der Waals surface area contributed by atoms with E-state index >= 15 is 0 Å². The van der Waals surface area contributed by atoms with Crippen LogP contribution >= 0.6 is 0 Å². The predicted octanol–water partition coefficient (Wildman–Crippen LogP) is 0.905. The Morgan fingerprint density at radius 1 is 1.15 bits per heavy atom. The van der Waals surface area contributed by atoms with E-state index in [9.17, 15) is 14.4 Å². The molecule has 1 atom stereocenters. The number of carbonyl (C=O) groups is 3. The number of amides is 3. The minimum atomic E-state index is -0.678. The zero-order valence-corrected chi connectivity index (χ0v) is 19.2. The number of piperazine rings is 1. The average molecular weight is 454 g/mol. The predicted molar refractivity (Wildman–Crippen MR) is 124 cm³/mol. The first-order valence-electron chi connectivity index (χ1n) is 11.3. The molecule has 0 spiro atoms. The van der Waals surface area contributed by atoms with Crippen LogP contribution in [-0.4, -0.2) is 83.7 Å². The summed E-state index contributed by atoms with van der Waals surface area (Å²) in [5.41, 5.74) is 1.81. The molecule has 1 aromatic carbocycles. The molecule has 0 radical (unpaired) electrons. The number of nitriles is 1. The summed E-state index contributed by atoms with van der Waals surface area (Å²) in [6.07, 6.45) is 4.00. The Morgan fingerprint density at radius 3 is 2.55 bits per heavy atom. The Morgan fingerprint density at radius 2 is 1.88 bits per heavy atom. The average Bonchev–Trinajstić information content (AvgIpc) is 2.95. The van der Waals surface area contributed by atoms with E-state index in [4.69, 9.17) is 5.26 Å². The molecule has 0 saturated carbocycles. The molecular formula is C23H31N7O3. The number of hydrogen-bond donors (Lipinski definition) is 2. The molecule has 3 amide bonds. The van der Waals surface area contributed by atoms with Crippen LogP contribution in [0.3, 0.4) is 0 Å². The summed E-state index contributed by atoms with van der Waals surface area (Å²) < 4.78 is 0. The molecule has 3 rings (SSSR count). The maximum absolute atomic E-state index is 13.2. The third-order valence-corrected chi connectivity index (χ3v) is 5.90. The van der Waals surface area contributed by atoms with E-state index in [-0.39, 0.29) is 30.2 Å². The van der Waals surface area contributed by atoms with Crippen molar-refractivity contribution in [2.45, 2.75) is 39.2 Å². The highest BCUT2D eigenvalue weighted by molar-refractivity contribution is 5.97.